The Bertz CT molecular complexity index is 1100. The zero-order chi connectivity index (χ0) is 20.2. The average Bonchev–Trinajstić information content (AvgIpc) is 3.15. The van der Waals surface area contributed by atoms with Gasteiger partial charge in [0.2, 0.25) is 0 Å². The van der Waals surface area contributed by atoms with Crippen molar-refractivity contribution in [3.63, 3.8) is 0 Å². The van der Waals surface area contributed by atoms with Crippen molar-refractivity contribution in [2.45, 2.75) is 18.6 Å². The van der Waals surface area contributed by atoms with E-state index < -0.39 is 6.10 Å². The number of H-pyrrole nitrogens is 1. The average molecular weight is 393 g/mol. The van der Waals surface area contributed by atoms with Gasteiger partial charge in [-0.15, -0.1) is 0 Å². The van der Waals surface area contributed by atoms with Crippen molar-refractivity contribution >= 4 is 16.6 Å². The summed E-state index contributed by atoms with van der Waals surface area (Å²) in [5, 5.41) is 10.3. The van der Waals surface area contributed by atoms with Crippen molar-refractivity contribution in [2.75, 3.05) is 20.3 Å². The molecule has 4 rings (SSSR count). The number of benzene rings is 1. The van der Waals surface area contributed by atoms with E-state index in [1.165, 1.54) is 6.33 Å². The van der Waals surface area contributed by atoms with Crippen LogP contribution in [-0.4, -0.2) is 52.2 Å². The predicted molar refractivity (Wildman–Crippen MR) is 111 cm³/mol. The Balaban J connectivity index is 1.62. The zero-order valence-corrected chi connectivity index (χ0v) is 16.1. The minimum atomic E-state index is -0.646. The smallest absolute Gasteiger partial charge is 0.260 e. The molecule has 7 nitrogen and oxygen atoms in total. The van der Waals surface area contributed by atoms with E-state index in [-0.39, 0.29) is 24.9 Å². The second kappa shape index (κ2) is 8.57. The van der Waals surface area contributed by atoms with Gasteiger partial charge in [-0.1, -0.05) is 36.4 Å². The molecule has 0 aliphatic heterocycles. The van der Waals surface area contributed by atoms with Gasteiger partial charge in [-0.05, 0) is 24.1 Å². The molecule has 0 fully saturated rings. The summed E-state index contributed by atoms with van der Waals surface area (Å²) in [5.41, 5.74) is 3.16. The van der Waals surface area contributed by atoms with Gasteiger partial charge in [0.1, 0.15) is 6.10 Å². The van der Waals surface area contributed by atoms with Crippen LogP contribution in [-0.2, 0) is 9.47 Å². The third kappa shape index (κ3) is 4.07. The number of methoxy groups -OCH3 is 1. The van der Waals surface area contributed by atoms with Gasteiger partial charge in [-0.3, -0.25) is 4.79 Å². The SMILES string of the molecule is COCC(O)COC1C=CC(c2cn(-c3ccccc3)c3nc[nH]c(=O)c23)=CC1. The summed E-state index contributed by atoms with van der Waals surface area (Å²) < 4.78 is 12.6. The van der Waals surface area contributed by atoms with Gasteiger partial charge in [0.15, 0.2) is 5.65 Å². The second-order valence-corrected chi connectivity index (χ2v) is 6.91. The maximum absolute atomic E-state index is 12.6. The van der Waals surface area contributed by atoms with Crippen LogP contribution in [0, 0.1) is 0 Å². The summed E-state index contributed by atoms with van der Waals surface area (Å²) in [4.78, 5) is 19.6. The van der Waals surface area contributed by atoms with Crippen LogP contribution in [0.2, 0.25) is 0 Å². The quantitative estimate of drug-likeness (QED) is 0.644. The normalized spacial score (nSPS) is 17.4. The maximum Gasteiger partial charge on any atom is 0.260 e. The van der Waals surface area contributed by atoms with E-state index in [0.29, 0.717) is 17.5 Å². The number of allylic oxidation sites excluding steroid dienone is 2. The molecule has 1 aliphatic carbocycles. The monoisotopic (exact) mass is 393 g/mol. The largest absolute Gasteiger partial charge is 0.388 e. The fourth-order valence-electron chi connectivity index (χ4n) is 3.47. The van der Waals surface area contributed by atoms with E-state index in [2.05, 4.69) is 9.97 Å². The Hall–Kier alpha value is -3.00. The van der Waals surface area contributed by atoms with Gasteiger partial charge in [0.25, 0.3) is 5.56 Å². The van der Waals surface area contributed by atoms with Gasteiger partial charge in [-0.25, -0.2) is 4.98 Å². The highest BCUT2D eigenvalue weighted by Crippen LogP contribution is 2.29. The number of hydrogen-bond donors (Lipinski definition) is 2. The lowest BCUT2D eigenvalue weighted by Crippen LogP contribution is -2.24. The van der Waals surface area contributed by atoms with E-state index in [4.69, 9.17) is 9.47 Å². The van der Waals surface area contributed by atoms with Crippen LogP contribution in [0.3, 0.4) is 0 Å². The third-order valence-electron chi connectivity index (χ3n) is 4.86. The first-order valence-corrected chi connectivity index (χ1v) is 9.49. The number of ether oxygens (including phenoxy) is 2. The van der Waals surface area contributed by atoms with Crippen molar-refractivity contribution in [2.24, 2.45) is 0 Å². The topological polar surface area (TPSA) is 89.4 Å². The summed E-state index contributed by atoms with van der Waals surface area (Å²) in [7, 11) is 1.54. The first kappa shape index (κ1) is 19.3. The molecule has 0 amide bonds. The highest BCUT2D eigenvalue weighted by atomic mass is 16.5. The summed E-state index contributed by atoms with van der Waals surface area (Å²) in [6.45, 7) is 0.454. The van der Waals surface area contributed by atoms with Gasteiger partial charge in [-0.2, -0.15) is 0 Å². The minimum Gasteiger partial charge on any atom is -0.388 e. The molecule has 0 spiro atoms. The van der Waals surface area contributed by atoms with Gasteiger partial charge in [0.05, 0.1) is 31.0 Å². The molecule has 2 aromatic heterocycles. The standard InChI is InChI=1S/C22H23N3O4/c1-28-12-17(26)13-29-18-9-7-15(8-10-18)19-11-25(16-5-3-2-4-6-16)21-20(19)22(27)24-14-23-21/h2-9,11,14,17-18,26H,10,12-13H2,1H3,(H,23,24,27). The van der Waals surface area contributed by atoms with Crippen LogP contribution in [0.15, 0.2) is 65.9 Å². The highest BCUT2D eigenvalue weighted by Gasteiger charge is 2.19. The molecular formula is C22H23N3O4. The van der Waals surface area contributed by atoms with Gasteiger partial charge < -0.3 is 24.1 Å². The molecule has 3 aromatic rings. The number of nitrogens with zero attached hydrogens (tertiary/aromatic N) is 2. The van der Waals surface area contributed by atoms with Crippen LogP contribution in [0.1, 0.15) is 12.0 Å². The van der Waals surface area contributed by atoms with E-state index in [0.717, 1.165) is 16.8 Å². The molecule has 0 saturated heterocycles. The van der Waals surface area contributed by atoms with Crippen LogP contribution < -0.4 is 5.56 Å². The van der Waals surface area contributed by atoms with E-state index >= 15 is 0 Å². The lowest BCUT2D eigenvalue weighted by atomic mass is 9.99. The molecule has 0 radical (unpaired) electrons. The molecule has 1 aromatic carbocycles. The molecule has 2 unspecified atom stereocenters. The number of nitrogens with one attached hydrogen (secondary N) is 1. The van der Waals surface area contributed by atoms with Gasteiger partial charge >= 0.3 is 0 Å². The molecule has 150 valence electrons. The molecule has 2 atom stereocenters. The number of fused-ring (bicyclic) bond motifs is 1. The van der Waals surface area contributed by atoms with Crippen molar-refractivity contribution in [1.82, 2.24) is 14.5 Å². The summed E-state index contributed by atoms with van der Waals surface area (Å²) in [6.07, 6.45) is 9.21. The maximum atomic E-state index is 12.6. The number of aliphatic hydroxyl groups is 1. The number of para-hydroxylation sites is 1. The predicted octanol–water partition coefficient (Wildman–Crippen LogP) is 2.45. The van der Waals surface area contributed by atoms with E-state index in [1.807, 2.05) is 59.3 Å². The fraction of sp³-hybridized carbons (Fsp3) is 0.273. The molecule has 0 bridgehead atoms. The van der Waals surface area contributed by atoms with Crippen LogP contribution in [0.25, 0.3) is 22.3 Å². The van der Waals surface area contributed by atoms with Crippen molar-refractivity contribution in [1.29, 1.82) is 0 Å². The Morgan fingerprint density at radius 3 is 2.86 bits per heavy atom. The van der Waals surface area contributed by atoms with Crippen LogP contribution in [0.4, 0.5) is 0 Å². The zero-order valence-electron chi connectivity index (χ0n) is 16.1. The number of aromatic amines is 1. The fourth-order valence-corrected chi connectivity index (χ4v) is 3.47. The summed E-state index contributed by atoms with van der Waals surface area (Å²) in [5.74, 6) is 0. The van der Waals surface area contributed by atoms with Crippen LogP contribution >= 0.6 is 0 Å². The molecule has 0 saturated carbocycles. The number of rotatable bonds is 7. The number of aliphatic hydroxyl groups excluding tert-OH is 1. The minimum absolute atomic E-state index is 0.121. The second-order valence-electron chi connectivity index (χ2n) is 6.91. The number of aromatic nitrogens is 3. The van der Waals surface area contributed by atoms with E-state index in [1.54, 1.807) is 7.11 Å². The first-order valence-electron chi connectivity index (χ1n) is 9.49. The molecule has 7 heteroatoms. The van der Waals surface area contributed by atoms with Crippen molar-refractivity contribution in [3.05, 3.63) is 77.0 Å². The van der Waals surface area contributed by atoms with Crippen molar-refractivity contribution < 1.29 is 14.6 Å². The Morgan fingerprint density at radius 2 is 2.14 bits per heavy atom. The van der Waals surface area contributed by atoms with E-state index in [9.17, 15) is 9.90 Å². The Kier molecular flexibility index (Phi) is 5.71. The summed E-state index contributed by atoms with van der Waals surface area (Å²) in [6, 6.07) is 9.81. The third-order valence-corrected chi connectivity index (χ3v) is 4.86. The Labute approximate surface area is 167 Å². The number of hydrogen-bond acceptors (Lipinski definition) is 5. The van der Waals surface area contributed by atoms with Gasteiger partial charge in [0, 0.05) is 24.6 Å². The van der Waals surface area contributed by atoms with Crippen molar-refractivity contribution in [3.8, 4) is 5.69 Å². The first-order chi connectivity index (χ1) is 14.2. The summed E-state index contributed by atoms with van der Waals surface area (Å²) >= 11 is 0. The molecule has 2 heterocycles. The molecule has 1 aliphatic rings. The van der Waals surface area contributed by atoms with Crippen LogP contribution in [0.5, 0.6) is 0 Å². The molecule has 2 N–H and O–H groups in total. The highest BCUT2D eigenvalue weighted by molar-refractivity contribution is 5.94. The lowest BCUT2D eigenvalue weighted by molar-refractivity contribution is -0.0225. The molecule has 29 heavy (non-hydrogen) atoms. The lowest BCUT2D eigenvalue weighted by Gasteiger charge is -2.19. The Morgan fingerprint density at radius 1 is 1.31 bits per heavy atom. The molecular weight excluding hydrogens is 370 g/mol.